The lowest BCUT2D eigenvalue weighted by Crippen LogP contribution is -2.29. The normalized spacial score (nSPS) is 9.47. The van der Waals surface area contributed by atoms with Crippen LogP contribution in [0.25, 0.3) is 0 Å². The Morgan fingerprint density at radius 2 is 1.74 bits per heavy atom. The minimum atomic E-state index is -0.476. The largest absolute Gasteiger partial charge is 0.419 e. The van der Waals surface area contributed by atoms with Gasteiger partial charge in [0.2, 0.25) is 0 Å². The van der Waals surface area contributed by atoms with E-state index >= 15 is 0 Å². The molecular weight excluding hydrogens is 240 g/mol. The molecule has 2 aromatic carbocycles. The van der Waals surface area contributed by atoms with E-state index in [1.54, 1.807) is 31.3 Å². The molecule has 94 valence electrons. The smallest absolute Gasteiger partial charge is 0.410 e. The number of benzene rings is 2. The third kappa shape index (κ3) is 3.11. The van der Waals surface area contributed by atoms with Crippen LogP contribution in [0.3, 0.4) is 0 Å². The van der Waals surface area contributed by atoms with E-state index in [1.807, 2.05) is 36.4 Å². The van der Waals surface area contributed by atoms with Crippen molar-refractivity contribution in [3.63, 3.8) is 0 Å². The van der Waals surface area contributed by atoms with Gasteiger partial charge in [-0.1, -0.05) is 18.2 Å². The van der Waals surface area contributed by atoms with Crippen molar-refractivity contribution < 1.29 is 9.53 Å². The summed E-state index contributed by atoms with van der Waals surface area (Å²) in [6.45, 7) is 0. The summed E-state index contributed by atoms with van der Waals surface area (Å²) in [5.74, 6) is 0.409. The molecular formula is C15H12N2O2. The summed E-state index contributed by atoms with van der Waals surface area (Å²) in [4.78, 5) is 13.3. The number of rotatable bonds is 2. The van der Waals surface area contributed by atoms with Crippen LogP contribution < -0.4 is 9.64 Å². The van der Waals surface area contributed by atoms with Crippen molar-refractivity contribution in [2.24, 2.45) is 0 Å². The quantitative estimate of drug-likeness (QED) is 0.824. The number of nitrogens with zero attached hydrogens (tertiary/aromatic N) is 2. The van der Waals surface area contributed by atoms with Gasteiger partial charge in [0.15, 0.2) is 0 Å². The molecule has 0 unspecified atom stereocenters. The zero-order chi connectivity index (χ0) is 13.7. The third-order valence-electron chi connectivity index (χ3n) is 2.61. The molecule has 4 nitrogen and oxygen atoms in total. The van der Waals surface area contributed by atoms with E-state index in [0.717, 1.165) is 5.69 Å². The van der Waals surface area contributed by atoms with E-state index in [1.165, 1.54) is 4.90 Å². The number of nitriles is 1. The van der Waals surface area contributed by atoms with Crippen molar-refractivity contribution in [3.05, 3.63) is 60.2 Å². The number of carbonyl (C=O) groups excluding carboxylic acids is 1. The van der Waals surface area contributed by atoms with E-state index in [4.69, 9.17) is 10.00 Å². The summed E-state index contributed by atoms with van der Waals surface area (Å²) in [6.07, 6.45) is -0.476. The standard InChI is InChI=1S/C15H12N2O2/c1-17(13-5-3-2-4-6-13)15(18)19-14-9-7-12(11-16)8-10-14/h2-10H,1H3. The Morgan fingerprint density at radius 3 is 2.32 bits per heavy atom. The van der Waals surface area contributed by atoms with Gasteiger partial charge in [-0.2, -0.15) is 5.26 Å². The molecule has 0 fully saturated rings. The molecule has 2 rings (SSSR count). The highest BCUT2D eigenvalue weighted by Crippen LogP contribution is 2.16. The monoisotopic (exact) mass is 252 g/mol. The summed E-state index contributed by atoms with van der Waals surface area (Å²) in [7, 11) is 1.64. The lowest BCUT2D eigenvalue weighted by atomic mass is 10.2. The lowest BCUT2D eigenvalue weighted by molar-refractivity contribution is 0.209. The van der Waals surface area contributed by atoms with Gasteiger partial charge in [0.25, 0.3) is 0 Å². The topological polar surface area (TPSA) is 53.3 Å². The number of anilines is 1. The minimum Gasteiger partial charge on any atom is -0.410 e. The Bertz CT molecular complexity index is 600. The van der Waals surface area contributed by atoms with Gasteiger partial charge in [0.1, 0.15) is 5.75 Å². The Morgan fingerprint density at radius 1 is 1.11 bits per heavy atom. The van der Waals surface area contributed by atoms with Crippen LogP contribution in [0.1, 0.15) is 5.56 Å². The second-order valence-corrected chi connectivity index (χ2v) is 3.90. The highest BCUT2D eigenvalue weighted by Gasteiger charge is 2.12. The van der Waals surface area contributed by atoms with Crippen LogP contribution >= 0.6 is 0 Å². The molecule has 4 heteroatoms. The first kappa shape index (κ1) is 12.7. The molecule has 0 aliphatic rings. The zero-order valence-corrected chi connectivity index (χ0v) is 10.4. The molecule has 0 N–H and O–H groups in total. The van der Waals surface area contributed by atoms with Crippen molar-refractivity contribution >= 4 is 11.8 Å². The van der Waals surface area contributed by atoms with Crippen molar-refractivity contribution in [2.75, 3.05) is 11.9 Å². The molecule has 0 aliphatic carbocycles. The average molecular weight is 252 g/mol. The molecule has 0 bridgehead atoms. The zero-order valence-electron chi connectivity index (χ0n) is 10.4. The number of hydrogen-bond donors (Lipinski definition) is 0. The van der Waals surface area contributed by atoms with Crippen molar-refractivity contribution in [2.45, 2.75) is 0 Å². The molecule has 0 atom stereocenters. The second kappa shape index (κ2) is 5.69. The van der Waals surface area contributed by atoms with Crippen LogP contribution in [0.2, 0.25) is 0 Å². The number of carbonyl (C=O) groups is 1. The fourth-order valence-electron chi connectivity index (χ4n) is 1.52. The van der Waals surface area contributed by atoms with E-state index in [2.05, 4.69) is 0 Å². The molecule has 0 aromatic heterocycles. The van der Waals surface area contributed by atoms with E-state index in [9.17, 15) is 4.79 Å². The molecule has 0 saturated carbocycles. The summed E-state index contributed by atoms with van der Waals surface area (Å²) < 4.78 is 5.21. The third-order valence-corrected chi connectivity index (χ3v) is 2.61. The van der Waals surface area contributed by atoms with Crippen LogP contribution in [0.4, 0.5) is 10.5 Å². The SMILES string of the molecule is CN(C(=O)Oc1ccc(C#N)cc1)c1ccccc1. The Kier molecular flexibility index (Phi) is 3.79. The summed E-state index contributed by atoms with van der Waals surface area (Å²) in [6, 6.07) is 17.6. The fraction of sp³-hybridized carbons (Fsp3) is 0.0667. The maximum atomic E-state index is 11.9. The van der Waals surface area contributed by atoms with E-state index < -0.39 is 6.09 Å². The number of ether oxygens (including phenoxy) is 1. The molecule has 0 spiro atoms. The van der Waals surface area contributed by atoms with Crippen LogP contribution in [0.15, 0.2) is 54.6 Å². The molecule has 0 radical (unpaired) electrons. The van der Waals surface area contributed by atoms with Crippen LogP contribution in [-0.4, -0.2) is 13.1 Å². The highest BCUT2D eigenvalue weighted by atomic mass is 16.6. The van der Waals surface area contributed by atoms with Gasteiger partial charge >= 0.3 is 6.09 Å². The predicted molar refractivity (Wildman–Crippen MR) is 72.0 cm³/mol. The second-order valence-electron chi connectivity index (χ2n) is 3.90. The average Bonchev–Trinajstić information content (AvgIpc) is 2.48. The van der Waals surface area contributed by atoms with Gasteiger partial charge in [0.05, 0.1) is 11.6 Å². The van der Waals surface area contributed by atoms with Crippen LogP contribution in [0, 0.1) is 11.3 Å². The fourth-order valence-corrected chi connectivity index (χ4v) is 1.52. The first-order valence-electron chi connectivity index (χ1n) is 5.71. The summed E-state index contributed by atoms with van der Waals surface area (Å²) in [5, 5.41) is 8.68. The molecule has 2 aromatic rings. The van der Waals surface area contributed by atoms with Gasteiger partial charge in [0, 0.05) is 12.7 Å². The lowest BCUT2D eigenvalue weighted by Gasteiger charge is -2.16. The van der Waals surface area contributed by atoms with Gasteiger partial charge in [-0.05, 0) is 36.4 Å². The number of para-hydroxylation sites is 1. The van der Waals surface area contributed by atoms with Crippen molar-refractivity contribution in [1.82, 2.24) is 0 Å². The van der Waals surface area contributed by atoms with Gasteiger partial charge in [-0.25, -0.2) is 4.79 Å². The van der Waals surface area contributed by atoms with Gasteiger partial charge < -0.3 is 4.74 Å². The minimum absolute atomic E-state index is 0.409. The van der Waals surface area contributed by atoms with Crippen molar-refractivity contribution in [1.29, 1.82) is 5.26 Å². The number of amides is 1. The van der Waals surface area contributed by atoms with Crippen LogP contribution in [-0.2, 0) is 0 Å². The first-order valence-corrected chi connectivity index (χ1v) is 5.71. The van der Waals surface area contributed by atoms with Crippen molar-refractivity contribution in [3.8, 4) is 11.8 Å². The highest BCUT2D eigenvalue weighted by molar-refractivity contribution is 5.88. The van der Waals surface area contributed by atoms with Gasteiger partial charge in [-0.3, -0.25) is 4.90 Å². The number of hydrogen-bond acceptors (Lipinski definition) is 3. The Hall–Kier alpha value is -2.80. The maximum Gasteiger partial charge on any atom is 0.419 e. The Balaban J connectivity index is 2.06. The maximum absolute atomic E-state index is 11.9. The summed E-state index contributed by atoms with van der Waals surface area (Å²) >= 11 is 0. The molecule has 19 heavy (non-hydrogen) atoms. The van der Waals surface area contributed by atoms with E-state index in [0.29, 0.717) is 11.3 Å². The molecule has 0 saturated heterocycles. The van der Waals surface area contributed by atoms with E-state index in [-0.39, 0.29) is 0 Å². The molecule has 0 aliphatic heterocycles. The molecule has 0 heterocycles. The molecule has 1 amide bonds. The Labute approximate surface area is 111 Å². The predicted octanol–water partition coefficient (Wildman–Crippen LogP) is 3.19. The first-order chi connectivity index (χ1) is 9.20. The van der Waals surface area contributed by atoms with Crippen LogP contribution in [0.5, 0.6) is 5.75 Å². The summed E-state index contributed by atoms with van der Waals surface area (Å²) in [5.41, 5.74) is 1.28. The van der Waals surface area contributed by atoms with Gasteiger partial charge in [-0.15, -0.1) is 0 Å².